The van der Waals surface area contributed by atoms with Gasteiger partial charge < -0.3 is 0 Å². The number of para-hydroxylation sites is 1. The van der Waals surface area contributed by atoms with Crippen molar-refractivity contribution in [1.29, 1.82) is 0 Å². The number of nitrogens with zero attached hydrogens (tertiary/aromatic N) is 3. The van der Waals surface area contributed by atoms with Crippen LogP contribution in [0.4, 0.5) is 4.39 Å². The van der Waals surface area contributed by atoms with Crippen molar-refractivity contribution in [3.8, 4) is 17.1 Å². The lowest BCUT2D eigenvalue weighted by atomic mass is 10.1. The monoisotopic (exact) mass is 461 g/mol. The number of benzene rings is 3. The Hall–Kier alpha value is -3.98. The van der Waals surface area contributed by atoms with Gasteiger partial charge in [-0.15, -0.1) is 10.2 Å². The van der Waals surface area contributed by atoms with Crippen LogP contribution in [0.2, 0.25) is 0 Å². The molecule has 0 fully saturated rings. The van der Waals surface area contributed by atoms with Gasteiger partial charge in [-0.3, -0.25) is 25.0 Å². The maximum Gasteiger partial charge on any atom is 0.248 e. The zero-order valence-electron chi connectivity index (χ0n) is 17.4. The summed E-state index contributed by atoms with van der Waals surface area (Å²) in [6.45, 7) is 0. The fourth-order valence-corrected chi connectivity index (χ4v) is 3.87. The lowest BCUT2D eigenvalue weighted by Crippen LogP contribution is -2.43. The molecule has 0 unspecified atom stereocenters. The molecule has 2 N–H and O–H groups in total. The van der Waals surface area contributed by atoms with Gasteiger partial charge in [0.2, 0.25) is 11.8 Å². The van der Waals surface area contributed by atoms with Crippen LogP contribution in [0.5, 0.6) is 0 Å². The van der Waals surface area contributed by atoms with E-state index < -0.39 is 11.7 Å². The first-order valence-electron chi connectivity index (χ1n) is 10.1. The predicted molar refractivity (Wildman–Crippen MR) is 124 cm³/mol. The molecule has 3 aromatic carbocycles. The van der Waals surface area contributed by atoms with Crippen molar-refractivity contribution in [3.63, 3.8) is 0 Å². The smallest absolute Gasteiger partial charge is 0.248 e. The molecule has 7 nitrogen and oxygen atoms in total. The van der Waals surface area contributed by atoms with E-state index in [1.165, 1.54) is 6.07 Å². The van der Waals surface area contributed by atoms with Gasteiger partial charge in [-0.1, -0.05) is 72.4 Å². The Balaban J connectivity index is 1.44. The number of rotatable bonds is 7. The van der Waals surface area contributed by atoms with E-state index in [4.69, 9.17) is 0 Å². The third-order valence-corrected chi connectivity index (χ3v) is 5.57. The molecular formula is C24H20FN5O2S. The zero-order valence-corrected chi connectivity index (χ0v) is 18.3. The summed E-state index contributed by atoms with van der Waals surface area (Å²) < 4.78 is 16.1. The summed E-state index contributed by atoms with van der Waals surface area (Å²) in [6, 6.07) is 24.8. The Kier molecular flexibility index (Phi) is 7.11. The number of hydrazine groups is 1. The largest absolute Gasteiger partial charge is 0.273 e. The number of amides is 2. The Bertz CT molecular complexity index is 1250. The Morgan fingerprint density at radius 3 is 2.18 bits per heavy atom. The van der Waals surface area contributed by atoms with Crippen LogP contribution in [0, 0.1) is 5.82 Å². The van der Waals surface area contributed by atoms with Gasteiger partial charge in [0.15, 0.2) is 11.0 Å². The van der Waals surface area contributed by atoms with Crippen molar-refractivity contribution in [2.45, 2.75) is 11.6 Å². The van der Waals surface area contributed by atoms with E-state index in [0.29, 0.717) is 16.5 Å². The van der Waals surface area contributed by atoms with Gasteiger partial charge in [-0.25, -0.2) is 4.39 Å². The molecule has 9 heteroatoms. The third kappa shape index (κ3) is 5.64. The van der Waals surface area contributed by atoms with E-state index in [1.807, 2.05) is 60.7 Å². The van der Waals surface area contributed by atoms with Crippen LogP contribution in [0.1, 0.15) is 5.56 Å². The average Bonchev–Trinajstić information content (AvgIpc) is 3.26. The summed E-state index contributed by atoms with van der Waals surface area (Å²) >= 11 is 1.13. The summed E-state index contributed by atoms with van der Waals surface area (Å²) in [6.07, 6.45) is 0.155. The van der Waals surface area contributed by atoms with Gasteiger partial charge in [-0.2, -0.15) is 0 Å². The zero-order chi connectivity index (χ0) is 23.0. The molecule has 33 heavy (non-hydrogen) atoms. The Morgan fingerprint density at radius 1 is 0.818 bits per heavy atom. The molecule has 1 heterocycles. The minimum absolute atomic E-state index is 0.0200. The third-order valence-electron chi connectivity index (χ3n) is 4.64. The van der Waals surface area contributed by atoms with Crippen molar-refractivity contribution >= 4 is 23.6 Å². The van der Waals surface area contributed by atoms with Crippen molar-refractivity contribution in [2.75, 3.05) is 5.75 Å². The van der Waals surface area contributed by atoms with Crippen molar-refractivity contribution in [1.82, 2.24) is 25.6 Å². The summed E-state index contributed by atoms with van der Waals surface area (Å²) in [5.74, 6) is -0.838. The molecule has 0 aliphatic heterocycles. The van der Waals surface area contributed by atoms with Gasteiger partial charge in [-0.05, 0) is 29.8 Å². The van der Waals surface area contributed by atoms with Crippen LogP contribution in [-0.4, -0.2) is 32.3 Å². The highest BCUT2D eigenvalue weighted by molar-refractivity contribution is 7.99. The van der Waals surface area contributed by atoms with Crippen molar-refractivity contribution < 1.29 is 14.0 Å². The van der Waals surface area contributed by atoms with E-state index >= 15 is 0 Å². The van der Waals surface area contributed by atoms with E-state index in [2.05, 4.69) is 21.0 Å². The molecule has 0 atom stereocenters. The lowest BCUT2D eigenvalue weighted by molar-refractivity contribution is -0.127. The SMILES string of the molecule is O=C(CSc1nnc(-c2ccccc2F)n1-c1ccccc1)NNC(=O)Cc1ccccc1. The second-order valence-corrected chi connectivity index (χ2v) is 7.95. The molecule has 4 aromatic rings. The maximum absolute atomic E-state index is 14.4. The molecule has 1 aromatic heterocycles. The molecular weight excluding hydrogens is 441 g/mol. The first-order chi connectivity index (χ1) is 16.1. The molecule has 0 aliphatic carbocycles. The standard InChI is InChI=1S/C24H20FN5O2S/c25-20-14-8-7-13-19(20)23-28-29-24(30(23)18-11-5-2-6-12-18)33-16-22(32)27-26-21(31)15-17-9-3-1-4-10-17/h1-14H,15-16H2,(H,26,31)(H,27,32). The van der Waals surface area contributed by atoms with Crippen molar-refractivity contribution in [2.24, 2.45) is 0 Å². The summed E-state index contributed by atoms with van der Waals surface area (Å²) in [5, 5.41) is 8.77. The van der Waals surface area contributed by atoms with E-state index in [0.717, 1.165) is 23.0 Å². The van der Waals surface area contributed by atoms with Crippen LogP contribution >= 0.6 is 11.8 Å². The summed E-state index contributed by atoms with van der Waals surface area (Å²) in [4.78, 5) is 24.3. The molecule has 0 bridgehead atoms. The highest BCUT2D eigenvalue weighted by Gasteiger charge is 2.19. The number of thioether (sulfide) groups is 1. The number of carbonyl (C=O) groups excluding carboxylic acids is 2. The summed E-state index contributed by atoms with van der Waals surface area (Å²) in [5.41, 5.74) is 6.69. The number of hydrogen-bond acceptors (Lipinski definition) is 5. The summed E-state index contributed by atoms with van der Waals surface area (Å²) in [7, 11) is 0. The van der Waals surface area contributed by atoms with Gasteiger partial charge >= 0.3 is 0 Å². The number of hydrogen-bond donors (Lipinski definition) is 2. The topological polar surface area (TPSA) is 88.9 Å². The number of carbonyl (C=O) groups is 2. The lowest BCUT2D eigenvalue weighted by Gasteiger charge is -2.11. The second-order valence-electron chi connectivity index (χ2n) is 7.00. The van der Waals surface area contributed by atoms with E-state index in [1.54, 1.807) is 22.8 Å². The molecule has 0 spiro atoms. The molecule has 0 radical (unpaired) electrons. The average molecular weight is 462 g/mol. The fraction of sp³-hybridized carbons (Fsp3) is 0.0833. The van der Waals surface area contributed by atoms with Crippen LogP contribution < -0.4 is 10.9 Å². The molecule has 0 saturated carbocycles. The van der Waals surface area contributed by atoms with Crippen LogP contribution in [0.3, 0.4) is 0 Å². The second kappa shape index (κ2) is 10.6. The number of halogens is 1. The predicted octanol–water partition coefficient (Wildman–Crippen LogP) is 3.56. The number of aromatic nitrogens is 3. The molecule has 166 valence electrons. The van der Waals surface area contributed by atoms with Crippen LogP contribution in [-0.2, 0) is 16.0 Å². The highest BCUT2D eigenvalue weighted by atomic mass is 32.2. The molecule has 2 amide bonds. The van der Waals surface area contributed by atoms with Crippen LogP contribution in [0.25, 0.3) is 17.1 Å². The molecule has 0 aliphatic rings. The number of nitrogens with one attached hydrogen (secondary N) is 2. The first-order valence-corrected chi connectivity index (χ1v) is 11.1. The highest BCUT2D eigenvalue weighted by Crippen LogP contribution is 2.29. The normalized spacial score (nSPS) is 10.6. The Labute approximate surface area is 194 Å². The van der Waals surface area contributed by atoms with E-state index in [-0.39, 0.29) is 18.1 Å². The minimum Gasteiger partial charge on any atom is -0.273 e. The van der Waals surface area contributed by atoms with Crippen molar-refractivity contribution in [3.05, 3.63) is 96.3 Å². The van der Waals surface area contributed by atoms with Crippen LogP contribution in [0.15, 0.2) is 90.1 Å². The van der Waals surface area contributed by atoms with Gasteiger partial charge in [0.25, 0.3) is 0 Å². The quantitative estimate of drug-likeness (QED) is 0.325. The van der Waals surface area contributed by atoms with E-state index in [9.17, 15) is 14.0 Å². The van der Waals surface area contributed by atoms with Gasteiger partial charge in [0.1, 0.15) is 5.82 Å². The maximum atomic E-state index is 14.4. The van der Waals surface area contributed by atoms with Gasteiger partial charge in [0.05, 0.1) is 17.7 Å². The fourth-order valence-electron chi connectivity index (χ4n) is 3.12. The minimum atomic E-state index is -0.419. The van der Waals surface area contributed by atoms with Gasteiger partial charge in [0, 0.05) is 5.69 Å². The molecule has 0 saturated heterocycles. The first kappa shape index (κ1) is 22.2. The molecule has 4 rings (SSSR count). The Morgan fingerprint density at radius 2 is 1.45 bits per heavy atom.